The molecule has 1 saturated heterocycles. The number of ether oxygens (including phenoxy) is 3. The first-order valence-electron chi connectivity index (χ1n) is 17.9. The lowest BCUT2D eigenvalue weighted by molar-refractivity contribution is -0.146. The fourth-order valence-electron chi connectivity index (χ4n) is 5.81. The van der Waals surface area contributed by atoms with Gasteiger partial charge in [0.05, 0.1) is 56.5 Å². The summed E-state index contributed by atoms with van der Waals surface area (Å²) < 4.78 is 109. The number of esters is 1. The van der Waals surface area contributed by atoms with Crippen LogP contribution in [-0.4, -0.2) is 64.0 Å². The van der Waals surface area contributed by atoms with Crippen molar-refractivity contribution in [3.63, 3.8) is 0 Å². The monoisotopic (exact) mass is 854 g/mol. The number of hydrogen-bond acceptors (Lipinski definition) is 12. The topological polar surface area (TPSA) is 144 Å². The summed E-state index contributed by atoms with van der Waals surface area (Å²) in [4.78, 5) is 18.3. The van der Waals surface area contributed by atoms with Gasteiger partial charge in [0.2, 0.25) is 0 Å². The number of halogens is 4. The maximum atomic E-state index is 16.0. The summed E-state index contributed by atoms with van der Waals surface area (Å²) in [5.74, 6) is -4.80. The highest BCUT2D eigenvalue weighted by Gasteiger charge is 2.47. The molecular weight excluding hydrogens is 816 g/mol. The lowest BCUT2D eigenvalue weighted by atomic mass is 9.89. The third kappa shape index (κ3) is 12.0. The lowest BCUT2D eigenvalue weighted by Gasteiger charge is -2.40. The molecule has 0 aliphatic carbocycles. The Balaban J connectivity index is 1.40. The first-order valence-corrected chi connectivity index (χ1v) is 20.3. The Kier molecular flexibility index (Phi) is 16.1. The molecule has 0 unspecified atom stereocenters. The largest absolute Gasteiger partial charge is 0.475 e. The Morgan fingerprint density at radius 2 is 1.78 bits per heavy atom. The summed E-state index contributed by atoms with van der Waals surface area (Å²) in [6.45, 7) is 7.46. The van der Waals surface area contributed by atoms with Gasteiger partial charge in [-0.1, -0.05) is 48.6 Å². The quantitative estimate of drug-likeness (QED) is 0.0276. The van der Waals surface area contributed by atoms with Gasteiger partial charge in [-0.25, -0.2) is 36.6 Å². The van der Waals surface area contributed by atoms with E-state index in [-0.39, 0.29) is 55.2 Å². The first kappa shape index (κ1) is 44.9. The zero-order valence-corrected chi connectivity index (χ0v) is 33.3. The van der Waals surface area contributed by atoms with Crippen LogP contribution in [0.1, 0.15) is 39.5 Å². The average Bonchev–Trinajstić information content (AvgIpc) is 3.74. The first-order chi connectivity index (χ1) is 28.4. The summed E-state index contributed by atoms with van der Waals surface area (Å²) in [5, 5.41) is 11.8. The molecule has 18 heteroatoms. The van der Waals surface area contributed by atoms with E-state index in [1.807, 2.05) is 6.07 Å². The fraction of sp³-hybridized carbons (Fsp3) is 0.268. The van der Waals surface area contributed by atoms with Crippen molar-refractivity contribution < 1.29 is 54.7 Å². The van der Waals surface area contributed by atoms with Crippen molar-refractivity contribution in [1.82, 2.24) is 14.8 Å². The summed E-state index contributed by atoms with van der Waals surface area (Å²) in [6.07, 6.45) is 10.7. The number of nitriles is 1. The number of hydrogen-bond donors (Lipinski definition) is 0. The molecule has 1 aliphatic rings. The number of carbonyl (C=O) groups excluding carboxylic acids is 1. The maximum Gasteiger partial charge on any atom is 0.475 e. The SMILES string of the molecule is C=CCOP(=O)(OCC=C)OCc1cccc(F)c1C(=O)O[C@@](Cn1cncn1)(c1ccc(F)cc1F)[C@@H](C)S[C@H]1CO[C@H](/C=C/C=C/c2ccc(C#N)cc2F)OC1. The number of phosphoric ester groups is 1. The minimum absolute atomic E-state index is 0.112. The van der Waals surface area contributed by atoms with E-state index >= 15 is 8.78 Å². The Labute approximate surface area is 342 Å². The van der Waals surface area contributed by atoms with Gasteiger partial charge in [-0.05, 0) is 48.9 Å². The molecule has 59 heavy (non-hydrogen) atoms. The molecule has 0 saturated carbocycles. The average molecular weight is 855 g/mol. The summed E-state index contributed by atoms with van der Waals surface area (Å²) in [6, 6.07) is 12.4. The highest BCUT2D eigenvalue weighted by Crippen LogP contribution is 2.50. The van der Waals surface area contributed by atoms with E-state index in [2.05, 4.69) is 23.2 Å². The lowest BCUT2D eigenvalue weighted by Crippen LogP contribution is -2.47. The molecule has 0 radical (unpaired) electrons. The highest BCUT2D eigenvalue weighted by atomic mass is 32.2. The highest BCUT2D eigenvalue weighted by molar-refractivity contribution is 8.00. The van der Waals surface area contributed by atoms with E-state index in [4.69, 9.17) is 33.0 Å². The molecule has 3 aromatic carbocycles. The van der Waals surface area contributed by atoms with Crippen LogP contribution in [0.5, 0.6) is 0 Å². The van der Waals surface area contributed by atoms with Crippen LogP contribution in [0.25, 0.3) is 6.08 Å². The van der Waals surface area contributed by atoms with Gasteiger partial charge in [0.15, 0.2) is 11.9 Å². The van der Waals surface area contributed by atoms with Crippen molar-refractivity contribution in [3.8, 4) is 6.07 Å². The predicted octanol–water partition coefficient (Wildman–Crippen LogP) is 8.62. The zero-order valence-electron chi connectivity index (χ0n) is 31.6. The molecule has 0 bridgehead atoms. The van der Waals surface area contributed by atoms with Gasteiger partial charge < -0.3 is 14.2 Å². The Hall–Kier alpha value is -5.18. The van der Waals surface area contributed by atoms with E-state index in [9.17, 15) is 18.1 Å². The fourth-order valence-corrected chi connectivity index (χ4v) is 8.27. The van der Waals surface area contributed by atoms with Gasteiger partial charge in [0.25, 0.3) is 0 Å². The predicted molar refractivity (Wildman–Crippen MR) is 210 cm³/mol. The molecule has 12 nitrogen and oxygen atoms in total. The molecule has 1 aliphatic heterocycles. The van der Waals surface area contributed by atoms with Gasteiger partial charge >= 0.3 is 13.8 Å². The molecule has 1 fully saturated rings. The van der Waals surface area contributed by atoms with E-state index in [0.29, 0.717) is 6.07 Å². The van der Waals surface area contributed by atoms with Crippen LogP contribution >= 0.6 is 19.6 Å². The van der Waals surface area contributed by atoms with Gasteiger partial charge in [-0.2, -0.15) is 10.4 Å². The number of rotatable bonds is 20. The van der Waals surface area contributed by atoms with Crippen LogP contribution in [0.15, 0.2) is 111 Å². The van der Waals surface area contributed by atoms with E-state index < -0.39 is 71.6 Å². The van der Waals surface area contributed by atoms with Gasteiger partial charge in [-0.3, -0.25) is 13.6 Å². The number of benzene rings is 3. The van der Waals surface area contributed by atoms with E-state index in [0.717, 1.165) is 24.3 Å². The smallest absolute Gasteiger partial charge is 0.447 e. The van der Waals surface area contributed by atoms with Crippen molar-refractivity contribution in [1.29, 1.82) is 5.26 Å². The van der Waals surface area contributed by atoms with E-state index in [1.54, 1.807) is 25.2 Å². The molecule has 5 rings (SSSR count). The standard InChI is InChI=1S/C41H39F4N4O8PS/c1-4-17-54-58(51,55-18-5-2)56-22-31-10-8-11-35(43)39(31)40(50)57-41(25-49-27-47-26-48-49,34-16-15-32(42)20-37(34)45)28(3)59-33-23-52-38(53-24-33)12-7-6-9-30-14-13-29(21-46)19-36(30)44/h4-16,19-20,26-28,33,38H,1-2,17-18,22-25H2,3H3/b9-6+,12-7+/t28-,33-,38-,41-/m1/s1. The number of phosphoric acid groups is 1. The van der Waals surface area contributed by atoms with Gasteiger partial charge in [-0.15, -0.1) is 24.9 Å². The molecule has 0 amide bonds. The zero-order chi connectivity index (χ0) is 42.4. The third-order valence-electron chi connectivity index (χ3n) is 8.64. The van der Waals surface area contributed by atoms with Crippen LogP contribution < -0.4 is 0 Å². The maximum absolute atomic E-state index is 16.0. The summed E-state index contributed by atoms with van der Waals surface area (Å²) >= 11 is 1.21. The minimum Gasteiger partial charge on any atom is -0.447 e. The Morgan fingerprint density at radius 1 is 1.03 bits per heavy atom. The number of allylic oxidation sites excluding steroid dienone is 2. The normalized spacial score (nSPS) is 17.4. The second-order valence-electron chi connectivity index (χ2n) is 12.7. The molecule has 4 aromatic rings. The van der Waals surface area contributed by atoms with E-state index in [1.165, 1.54) is 71.6 Å². The molecule has 2 atom stereocenters. The molecular formula is C41H39F4N4O8PS. The number of thioether (sulfide) groups is 1. The minimum atomic E-state index is -4.27. The molecule has 1 aromatic heterocycles. The molecule has 0 spiro atoms. The summed E-state index contributed by atoms with van der Waals surface area (Å²) in [5.41, 5.74) is -2.52. The van der Waals surface area contributed by atoms with Crippen molar-refractivity contribution in [3.05, 3.63) is 162 Å². The Bertz CT molecular complexity index is 2230. The molecule has 2 heterocycles. The number of carbonyl (C=O) groups is 1. The Morgan fingerprint density at radius 3 is 2.42 bits per heavy atom. The van der Waals surface area contributed by atoms with Gasteiger partial charge in [0.1, 0.15) is 41.5 Å². The summed E-state index contributed by atoms with van der Waals surface area (Å²) in [7, 11) is -4.27. The second kappa shape index (κ2) is 21.2. The molecule has 310 valence electrons. The van der Waals surface area contributed by atoms with Crippen LogP contribution in [0.3, 0.4) is 0 Å². The van der Waals surface area contributed by atoms with Crippen molar-refractivity contribution in [2.75, 3.05) is 26.4 Å². The number of aromatic nitrogens is 3. The van der Waals surface area contributed by atoms with Crippen LogP contribution in [-0.2, 0) is 51.1 Å². The second-order valence-corrected chi connectivity index (χ2v) is 16.0. The number of nitrogens with zero attached hydrogens (tertiary/aromatic N) is 4. The third-order valence-corrected chi connectivity index (χ3v) is 11.5. The van der Waals surface area contributed by atoms with Gasteiger partial charge in [0, 0.05) is 22.4 Å². The van der Waals surface area contributed by atoms with Crippen molar-refractivity contribution in [2.45, 2.75) is 42.5 Å². The van der Waals surface area contributed by atoms with Crippen LogP contribution in [0.4, 0.5) is 17.6 Å². The van der Waals surface area contributed by atoms with Crippen LogP contribution in [0.2, 0.25) is 0 Å². The molecule has 0 N–H and O–H groups in total. The van der Waals surface area contributed by atoms with Crippen LogP contribution in [0, 0.1) is 34.6 Å². The van der Waals surface area contributed by atoms with Crippen molar-refractivity contribution in [2.24, 2.45) is 0 Å². The van der Waals surface area contributed by atoms with Crippen molar-refractivity contribution >= 4 is 31.6 Å².